The number of carbonyl (C=O) groups excluding carboxylic acids is 1. The predicted molar refractivity (Wildman–Crippen MR) is 152 cm³/mol. The summed E-state index contributed by atoms with van der Waals surface area (Å²) >= 11 is 3.22. The van der Waals surface area contributed by atoms with Crippen LogP contribution >= 0.6 is 33.9 Å². The van der Waals surface area contributed by atoms with Crippen LogP contribution in [0.25, 0.3) is 6.08 Å². The van der Waals surface area contributed by atoms with Crippen molar-refractivity contribution in [2.24, 2.45) is 4.99 Å². The minimum absolute atomic E-state index is 0.0471. The fraction of sp³-hybridized carbons (Fsp3) is 0.296. The monoisotopic (exact) mass is 650 g/mol. The number of phenols is 1. The van der Waals surface area contributed by atoms with Crippen molar-refractivity contribution < 1.29 is 28.8 Å². The first-order valence-electron chi connectivity index (χ1n) is 11.8. The second-order valence-electron chi connectivity index (χ2n) is 8.19. The Bertz CT molecular complexity index is 1610. The molecule has 200 valence electrons. The van der Waals surface area contributed by atoms with E-state index in [4.69, 9.17) is 18.9 Å². The summed E-state index contributed by atoms with van der Waals surface area (Å²) in [5.41, 5.74) is 1.60. The lowest BCUT2D eigenvalue weighted by Gasteiger charge is -2.26. The molecule has 3 aromatic rings. The summed E-state index contributed by atoms with van der Waals surface area (Å²) in [6.07, 6.45) is 1.72. The van der Waals surface area contributed by atoms with Crippen molar-refractivity contribution in [1.29, 1.82) is 0 Å². The zero-order valence-electron chi connectivity index (χ0n) is 21.5. The van der Waals surface area contributed by atoms with E-state index in [9.17, 15) is 14.7 Å². The van der Waals surface area contributed by atoms with Crippen molar-refractivity contribution in [3.63, 3.8) is 0 Å². The standard InChI is InChI=1S/C27H27IN2O7S/c1-6-36-20-11-15(10-18(28)24(20)31)12-21-25(32)30-23(17-13-16(34-4)8-9-19(17)35-5)22(26(33)37-7-2)14(3)29-27(30)38-21/h8-13,23,31H,6-7H2,1-5H3/b21-12+. The fourth-order valence-corrected chi connectivity index (χ4v) is 5.90. The van der Waals surface area contributed by atoms with Crippen LogP contribution < -0.4 is 29.1 Å². The van der Waals surface area contributed by atoms with Crippen molar-refractivity contribution in [1.82, 2.24) is 4.57 Å². The first-order chi connectivity index (χ1) is 18.2. The van der Waals surface area contributed by atoms with E-state index in [1.807, 2.05) is 29.5 Å². The van der Waals surface area contributed by atoms with Crippen LogP contribution in [-0.2, 0) is 9.53 Å². The molecular formula is C27H27IN2O7S. The van der Waals surface area contributed by atoms with Gasteiger partial charge in [0.2, 0.25) is 0 Å². The molecule has 4 rings (SSSR count). The number of hydrogen-bond acceptors (Lipinski definition) is 9. The maximum Gasteiger partial charge on any atom is 0.338 e. The number of methoxy groups -OCH3 is 2. The lowest BCUT2D eigenvalue weighted by Crippen LogP contribution is -2.40. The molecule has 0 spiro atoms. The summed E-state index contributed by atoms with van der Waals surface area (Å²) in [5.74, 6) is 0.843. The van der Waals surface area contributed by atoms with Gasteiger partial charge in [-0.2, -0.15) is 0 Å². The van der Waals surface area contributed by atoms with Gasteiger partial charge in [-0.1, -0.05) is 11.3 Å². The number of rotatable bonds is 8. The molecule has 0 saturated heterocycles. The molecule has 0 amide bonds. The summed E-state index contributed by atoms with van der Waals surface area (Å²) in [4.78, 5) is 32.1. The molecule has 11 heteroatoms. The van der Waals surface area contributed by atoms with Crippen LogP contribution in [0.5, 0.6) is 23.0 Å². The second-order valence-corrected chi connectivity index (χ2v) is 10.4. The van der Waals surface area contributed by atoms with Crippen LogP contribution in [-0.4, -0.2) is 43.1 Å². The van der Waals surface area contributed by atoms with Gasteiger partial charge in [-0.15, -0.1) is 0 Å². The summed E-state index contributed by atoms with van der Waals surface area (Å²) in [7, 11) is 3.07. The van der Waals surface area contributed by atoms with Crippen LogP contribution in [0.1, 0.15) is 37.9 Å². The van der Waals surface area contributed by atoms with Crippen LogP contribution in [0.15, 0.2) is 51.4 Å². The Hall–Kier alpha value is -3.32. The lowest BCUT2D eigenvalue weighted by molar-refractivity contribution is -0.139. The molecule has 1 aromatic heterocycles. The number of nitrogens with zero attached hydrogens (tertiary/aromatic N) is 2. The highest BCUT2D eigenvalue weighted by atomic mass is 127. The van der Waals surface area contributed by atoms with Crippen molar-refractivity contribution in [3.05, 3.63) is 76.0 Å². The Morgan fingerprint density at radius 3 is 2.58 bits per heavy atom. The van der Waals surface area contributed by atoms with Gasteiger partial charge in [0.05, 0.1) is 46.8 Å². The smallest absolute Gasteiger partial charge is 0.338 e. The largest absolute Gasteiger partial charge is 0.504 e. The third kappa shape index (κ3) is 5.17. The maximum atomic E-state index is 13.9. The number of aromatic hydroxyl groups is 1. The van der Waals surface area contributed by atoms with E-state index in [1.165, 1.54) is 23.0 Å². The van der Waals surface area contributed by atoms with Crippen LogP contribution in [0.4, 0.5) is 0 Å². The number of esters is 1. The number of halogens is 1. The van der Waals surface area contributed by atoms with E-state index in [2.05, 4.69) is 4.99 Å². The zero-order valence-corrected chi connectivity index (χ0v) is 24.5. The third-order valence-electron chi connectivity index (χ3n) is 5.90. The van der Waals surface area contributed by atoms with Gasteiger partial charge >= 0.3 is 5.97 Å². The van der Waals surface area contributed by atoms with Gasteiger partial charge in [-0.25, -0.2) is 9.79 Å². The van der Waals surface area contributed by atoms with E-state index < -0.39 is 12.0 Å². The van der Waals surface area contributed by atoms with Crippen molar-refractivity contribution >= 4 is 46.0 Å². The molecule has 0 fully saturated rings. The number of fused-ring (bicyclic) bond motifs is 1. The van der Waals surface area contributed by atoms with Crippen molar-refractivity contribution in [2.75, 3.05) is 27.4 Å². The molecular weight excluding hydrogens is 623 g/mol. The number of allylic oxidation sites excluding steroid dienone is 1. The van der Waals surface area contributed by atoms with Gasteiger partial charge in [0, 0.05) is 5.56 Å². The Kier molecular flexibility index (Phi) is 8.46. The lowest BCUT2D eigenvalue weighted by atomic mass is 9.94. The topological polar surface area (TPSA) is 109 Å². The Morgan fingerprint density at radius 2 is 1.92 bits per heavy atom. The van der Waals surface area contributed by atoms with Crippen LogP contribution in [0.2, 0.25) is 0 Å². The number of carbonyl (C=O) groups is 1. The number of aromatic nitrogens is 1. The highest BCUT2D eigenvalue weighted by molar-refractivity contribution is 14.1. The minimum atomic E-state index is -0.851. The van der Waals surface area contributed by atoms with E-state index in [1.54, 1.807) is 57.4 Å². The molecule has 38 heavy (non-hydrogen) atoms. The SMILES string of the molecule is CCOC(=O)C1=C(C)N=c2s/c(=C/c3cc(I)c(O)c(OCC)c3)c(=O)n2C1c1cc(OC)ccc1OC. The highest BCUT2D eigenvalue weighted by Crippen LogP contribution is 2.38. The van der Waals surface area contributed by atoms with E-state index >= 15 is 0 Å². The van der Waals surface area contributed by atoms with Gasteiger partial charge in [-0.05, 0) is 85.3 Å². The second kappa shape index (κ2) is 11.6. The summed E-state index contributed by atoms with van der Waals surface area (Å²) in [5, 5.41) is 10.3. The average molecular weight is 650 g/mol. The number of phenolic OH excluding ortho intramolecular Hbond substituents is 1. The van der Waals surface area contributed by atoms with Gasteiger partial charge in [-0.3, -0.25) is 9.36 Å². The molecule has 1 unspecified atom stereocenters. The summed E-state index contributed by atoms with van der Waals surface area (Å²) in [6, 6.07) is 7.81. The molecule has 2 heterocycles. The molecule has 9 nitrogen and oxygen atoms in total. The quantitative estimate of drug-likeness (QED) is 0.294. The molecule has 1 aliphatic heterocycles. The Balaban J connectivity index is 2.00. The van der Waals surface area contributed by atoms with Gasteiger partial charge in [0.25, 0.3) is 5.56 Å². The van der Waals surface area contributed by atoms with E-state index in [-0.39, 0.29) is 23.5 Å². The first-order valence-corrected chi connectivity index (χ1v) is 13.7. The maximum absolute atomic E-state index is 13.9. The Morgan fingerprint density at radius 1 is 1.16 bits per heavy atom. The molecule has 0 aliphatic carbocycles. The summed E-state index contributed by atoms with van der Waals surface area (Å²) in [6.45, 7) is 5.82. The zero-order chi connectivity index (χ0) is 27.6. The highest BCUT2D eigenvalue weighted by Gasteiger charge is 2.35. The number of ether oxygens (including phenoxy) is 4. The van der Waals surface area contributed by atoms with Crippen LogP contribution in [0, 0.1) is 3.57 Å². The molecule has 1 atom stereocenters. The molecule has 0 radical (unpaired) electrons. The number of hydrogen-bond donors (Lipinski definition) is 1. The van der Waals surface area contributed by atoms with Crippen LogP contribution in [0.3, 0.4) is 0 Å². The molecule has 0 saturated carbocycles. The van der Waals surface area contributed by atoms with Crippen molar-refractivity contribution in [2.45, 2.75) is 26.8 Å². The molecule has 2 aromatic carbocycles. The number of benzene rings is 2. The normalized spacial score (nSPS) is 15.1. The average Bonchev–Trinajstić information content (AvgIpc) is 3.20. The minimum Gasteiger partial charge on any atom is -0.504 e. The van der Waals surface area contributed by atoms with E-state index in [0.717, 1.165) is 0 Å². The van der Waals surface area contributed by atoms with E-state index in [0.29, 0.717) is 53.6 Å². The third-order valence-corrected chi connectivity index (χ3v) is 7.70. The summed E-state index contributed by atoms with van der Waals surface area (Å²) < 4.78 is 24.4. The van der Waals surface area contributed by atoms with Gasteiger partial charge < -0.3 is 24.1 Å². The van der Waals surface area contributed by atoms with Crippen molar-refractivity contribution in [3.8, 4) is 23.0 Å². The first kappa shape index (κ1) is 27.7. The molecule has 1 N–H and O–H groups in total. The predicted octanol–water partition coefficient (Wildman–Crippen LogP) is 3.52. The Labute approximate surface area is 236 Å². The fourth-order valence-electron chi connectivity index (χ4n) is 4.23. The molecule has 1 aliphatic rings. The number of thiazole rings is 1. The van der Waals surface area contributed by atoms with Gasteiger partial charge in [0.15, 0.2) is 16.3 Å². The van der Waals surface area contributed by atoms with Gasteiger partial charge in [0.1, 0.15) is 17.5 Å². The molecule has 0 bridgehead atoms.